The van der Waals surface area contributed by atoms with Gasteiger partial charge >= 0.3 is 17.8 Å². The van der Waals surface area contributed by atoms with Crippen LogP contribution in [0.4, 0.5) is 4.79 Å². The Morgan fingerprint density at radius 2 is 1.71 bits per heavy atom. The van der Waals surface area contributed by atoms with Crippen LogP contribution in [-0.4, -0.2) is 56.4 Å². The highest BCUT2D eigenvalue weighted by Crippen LogP contribution is 2.27. The van der Waals surface area contributed by atoms with E-state index in [0.717, 1.165) is 11.1 Å². The maximum atomic E-state index is 13.5. The average molecular weight is 458 g/mol. The van der Waals surface area contributed by atoms with Crippen LogP contribution in [0, 0.1) is 0 Å². The number of carbonyl (C=O) groups excluding carboxylic acids is 1. The van der Waals surface area contributed by atoms with Gasteiger partial charge in [0.05, 0.1) is 29.9 Å². The summed E-state index contributed by atoms with van der Waals surface area (Å²) in [6, 6.07) is 18.0. The molecule has 0 aliphatic carbocycles. The first kappa shape index (κ1) is 21.4. The molecule has 1 aliphatic rings. The molecule has 1 unspecified atom stereocenters. The molecular weight excluding hydrogens is 436 g/mol. The molecule has 3 heterocycles. The minimum Gasteiger partial charge on any atom is -0.465 e. The van der Waals surface area contributed by atoms with Crippen molar-refractivity contribution in [3.63, 3.8) is 0 Å². The van der Waals surface area contributed by atoms with Crippen molar-refractivity contribution in [2.75, 3.05) is 20.2 Å². The number of ether oxygens (including phenoxy) is 1. The molecule has 1 saturated heterocycles. The quantitative estimate of drug-likeness (QED) is 0.469. The number of benzene rings is 2. The number of amides is 1. The number of fused-ring (bicyclic) bond motifs is 1. The fraction of sp³-hybridized carbons (Fsp3) is 0.200. The summed E-state index contributed by atoms with van der Waals surface area (Å²) in [6.45, 7) is 0.640. The number of carboxylic acid groups (broad SMARTS) is 1. The number of rotatable bonds is 4. The van der Waals surface area contributed by atoms with Gasteiger partial charge in [-0.25, -0.2) is 19.4 Å². The number of nitrogens with zero attached hydrogens (tertiary/aromatic N) is 4. The number of esters is 1. The minimum atomic E-state index is -0.984. The summed E-state index contributed by atoms with van der Waals surface area (Å²) < 4.78 is 7.96. The van der Waals surface area contributed by atoms with Gasteiger partial charge in [0.1, 0.15) is 0 Å². The molecule has 34 heavy (non-hydrogen) atoms. The highest BCUT2D eigenvalue weighted by Gasteiger charge is 2.31. The van der Waals surface area contributed by atoms with Gasteiger partial charge in [0.15, 0.2) is 5.65 Å². The molecule has 1 fully saturated rings. The molecule has 9 heteroatoms. The number of imidazole rings is 1. The summed E-state index contributed by atoms with van der Waals surface area (Å²) in [6.07, 6.45) is 1.21. The van der Waals surface area contributed by atoms with Crippen molar-refractivity contribution in [1.29, 1.82) is 0 Å². The Morgan fingerprint density at radius 1 is 1.03 bits per heavy atom. The van der Waals surface area contributed by atoms with Crippen LogP contribution in [0.3, 0.4) is 0 Å². The van der Waals surface area contributed by atoms with Crippen molar-refractivity contribution < 1.29 is 19.4 Å². The van der Waals surface area contributed by atoms with Crippen LogP contribution in [-0.2, 0) is 4.74 Å². The van der Waals surface area contributed by atoms with Crippen molar-refractivity contribution in [3.8, 4) is 16.8 Å². The number of hydrogen-bond acceptors (Lipinski definition) is 5. The van der Waals surface area contributed by atoms with E-state index < -0.39 is 6.09 Å². The fourth-order valence-electron chi connectivity index (χ4n) is 4.47. The maximum Gasteiger partial charge on any atom is 0.407 e. The Bertz CT molecular complexity index is 1440. The minimum absolute atomic E-state index is 0.249. The second kappa shape index (κ2) is 8.51. The van der Waals surface area contributed by atoms with Crippen LogP contribution in [0.1, 0.15) is 22.8 Å². The van der Waals surface area contributed by atoms with E-state index in [9.17, 15) is 19.5 Å². The molecule has 0 spiro atoms. The maximum absolute atomic E-state index is 13.5. The Balaban J connectivity index is 1.52. The summed E-state index contributed by atoms with van der Waals surface area (Å²) >= 11 is 0. The van der Waals surface area contributed by atoms with Gasteiger partial charge in [0, 0.05) is 19.3 Å². The van der Waals surface area contributed by atoms with Gasteiger partial charge in [-0.05, 0) is 53.9 Å². The van der Waals surface area contributed by atoms with Gasteiger partial charge in [-0.1, -0.05) is 24.3 Å². The predicted octanol–water partition coefficient (Wildman–Crippen LogP) is 3.57. The monoisotopic (exact) mass is 458 g/mol. The smallest absolute Gasteiger partial charge is 0.407 e. The predicted molar refractivity (Wildman–Crippen MR) is 125 cm³/mol. The first-order chi connectivity index (χ1) is 16.5. The Labute approximate surface area is 194 Å². The normalized spacial score (nSPS) is 15.6. The lowest BCUT2D eigenvalue weighted by Gasteiger charge is -2.13. The molecule has 0 bridgehead atoms. The van der Waals surface area contributed by atoms with Crippen LogP contribution in [0.5, 0.6) is 0 Å². The molecule has 1 N–H and O–H groups in total. The van der Waals surface area contributed by atoms with Crippen LogP contribution in [0.25, 0.3) is 28.0 Å². The van der Waals surface area contributed by atoms with Gasteiger partial charge in [0.2, 0.25) is 0 Å². The van der Waals surface area contributed by atoms with E-state index in [1.807, 2.05) is 42.5 Å². The molecule has 2 aromatic heterocycles. The van der Waals surface area contributed by atoms with Gasteiger partial charge in [-0.3, -0.25) is 9.13 Å². The van der Waals surface area contributed by atoms with Crippen molar-refractivity contribution in [2.24, 2.45) is 0 Å². The van der Waals surface area contributed by atoms with E-state index in [4.69, 9.17) is 4.74 Å². The summed E-state index contributed by atoms with van der Waals surface area (Å²) in [5.74, 6) is -0.389. The SMILES string of the molecule is COC(=O)c1ccc(-c2ccc(-n3c(=O)n(C4CCN(C(=O)O)C4)c4ncccc43)cc2)cc1. The first-order valence-electron chi connectivity index (χ1n) is 10.8. The van der Waals surface area contributed by atoms with E-state index in [0.29, 0.717) is 35.4 Å². The second-order valence-corrected chi connectivity index (χ2v) is 8.12. The van der Waals surface area contributed by atoms with E-state index in [-0.39, 0.29) is 24.2 Å². The summed E-state index contributed by atoms with van der Waals surface area (Å²) in [5.41, 5.74) is 3.97. The fourth-order valence-corrected chi connectivity index (χ4v) is 4.47. The largest absolute Gasteiger partial charge is 0.465 e. The molecule has 1 amide bonds. The van der Waals surface area contributed by atoms with Crippen LogP contribution >= 0.6 is 0 Å². The molecule has 1 aliphatic heterocycles. The van der Waals surface area contributed by atoms with E-state index in [1.165, 1.54) is 12.0 Å². The molecular formula is C25H22N4O5. The molecule has 2 aromatic carbocycles. The molecule has 9 nitrogen and oxygen atoms in total. The van der Waals surface area contributed by atoms with Crippen molar-refractivity contribution >= 4 is 23.2 Å². The molecule has 1 atom stereocenters. The standard InChI is InChI=1S/C25H22N4O5/c1-34-23(30)18-6-4-16(5-7-18)17-8-10-19(11-9-17)28-21-3-2-13-26-22(21)29(24(28)31)20-12-14-27(15-20)25(32)33/h2-11,13,20H,12,14-15H2,1H3,(H,32,33). The highest BCUT2D eigenvalue weighted by atomic mass is 16.5. The number of hydrogen-bond donors (Lipinski definition) is 1. The van der Waals surface area contributed by atoms with Gasteiger partial charge in [0.25, 0.3) is 0 Å². The number of methoxy groups -OCH3 is 1. The van der Waals surface area contributed by atoms with Crippen LogP contribution in [0.2, 0.25) is 0 Å². The second-order valence-electron chi connectivity index (χ2n) is 8.12. The lowest BCUT2D eigenvalue weighted by molar-refractivity contribution is 0.0600. The number of likely N-dealkylation sites (tertiary alicyclic amines) is 1. The van der Waals surface area contributed by atoms with E-state index in [1.54, 1.807) is 33.5 Å². The van der Waals surface area contributed by atoms with Crippen molar-refractivity contribution in [3.05, 3.63) is 82.9 Å². The van der Waals surface area contributed by atoms with Gasteiger partial charge in [-0.2, -0.15) is 0 Å². The van der Waals surface area contributed by atoms with E-state index >= 15 is 0 Å². The van der Waals surface area contributed by atoms with Crippen molar-refractivity contribution in [2.45, 2.75) is 12.5 Å². The lowest BCUT2D eigenvalue weighted by atomic mass is 10.0. The molecule has 4 aromatic rings. The number of pyridine rings is 1. The third-order valence-electron chi connectivity index (χ3n) is 6.20. The zero-order chi connectivity index (χ0) is 23.8. The summed E-state index contributed by atoms with van der Waals surface area (Å²) in [7, 11) is 1.35. The molecule has 5 rings (SSSR count). The van der Waals surface area contributed by atoms with Gasteiger partial charge < -0.3 is 14.7 Å². The van der Waals surface area contributed by atoms with Crippen LogP contribution in [0.15, 0.2) is 71.7 Å². The Hall–Kier alpha value is -4.40. The lowest BCUT2D eigenvalue weighted by Crippen LogP contribution is -2.31. The Morgan fingerprint density at radius 3 is 2.32 bits per heavy atom. The zero-order valence-electron chi connectivity index (χ0n) is 18.4. The van der Waals surface area contributed by atoms with Gasteiger partial charge in [-0.15, -0.1) is 0 Å². The average Bonchev–Trinajstić information content (AvgIpc) is 3.46. The topological polar surface area (TPSA) is 107 Å². The third-order valence-corrected chi connectivity index (χ3v) is 6.20. The molecule has 0 saturated carbocycles. The summed E-state index contributed by atoms with van der Waals surface area (Å²) in [5, 5.41) is 9.31. The summed E-state index contributed by atoms with van der Waals surface area (Å²) in [4.78, 5) is 42.3. The third kappa shape index (κ3) is 3.61. The number of carbonyl (C=O) groups is 2. The van der Waals surface area contributed by atoms with Crippen LogP contribution < -0.4 is 5.69 Å². The van der Waals surface area contributed by atoms with E-state index in [2.05, 4.69) is 4.98 Å². The first-order valence-corrected chi connectivity index (χ1v) is 10.8. The zero-order valence-corrected chi connectivity index (χ0v) is 18.4. The molecule has 0 radical (unpaired) electrons. The molecule has 172 valence electrons. The highest BCUT2D eigenvalue weighted by molar-refractivity contribution is 5.90. The Kier molecular flexibility index (Phi) is 5.37. The number of aromatic nitrogens is 3. The van der Waals surface area contributed by atoms with Crippen molar-refractivity contribution in [1.82, 2.24) is 19.0 Å².